The molecule has 0 amide bonds. The van der Waals surface area contributed by atoms with E-state index in [1.165, 1.54) is 0 Å². The average Bonchev–Trinajstić information content (AvgIpc) is 1.74. The molecule has 1 saturated carbocycles. The van der Waals surface area contributed by atoms with Crippen LogP contribution in [0.5, 0.6) is 0 Å². The predicted molar refractivity (Wildman–Crippen MR) is 46.5 cm³/mol. The minimum absolute atomic E-state index is 0.353. The molecule has 0 N–H and O–H groups in total. The molecule has 1 rings (SSSR count). The maximum atomic E-state index is 12.9. The summed E-state index contributed by atoms with van der Waals surface area (Å²) < 4.78 is 33.8. The van der Waals surface area contributed by atoms with Gasteiger partial charge in [-0.3, -0.25) is 0 Å². The molecular weight excluding hydrogens is 203 g/mol. The third-order valence-electron chi connectivity index (χ3n) is 2.19. The van der Waals surface area contributed by atoms with E-state index in [1.807, 2.05) is 0 Å². The lowest BCUT2D eigenvalue weighted by Crippen LogP contribution is -2.21. The van der Waals surface area contributed by atoms with Crippen molar-refractivity contribution in [3.63, 3.8) is 0 Å². The number of hydrogen-bond acceptors (Lipinski definition) is 2. The Morgan fingerprint density at radius 1 is 1.50 bits per heavy atom. The summed E-state index contributed by atoms with van der Waals surface area (Å²) in [4.78, 5) is 0. The van der Waals surface area contributed by atoms with Gasteiger partial charge in [0, 0.05) is 10.7 Å². The van der Waals surface area contributed by atoms with Gasteiger partial charge in [0.15, 0.2) is 0 Å². The molecule has 72 valence electrons. The van der Waals surface area contributed by atoms with Gasteiger partial charge in [0.25, 0.3) is 0 Å². The van der Waals surface area contributed by atoms with Crippen molar-refractivity contribution >= 4 is 19.7 Å². The second-order valence-corrected chi connectivity index (χ2v) is 6.16. The first-order chi connectivity index (χ1) is 5.47. The van der Waals surface area contributed by atoms with Gasteiger partial charge in [-0.1, -0.05) is 19.3 Å². The lowest BCUT2D eigenvalue weighted by molar-refractivity contribution is 0.218. The van der Waals surface area contributed by atoms with Crippen molar-refractivity contribution in [2.24, 2.45) is 5.92 Å². The lowest BCUT2D eigenvalue weighted by Gasteiger charge is -2.26. The number of rotatable bonds is 4. The molecule has 0 spiro atoms. The van der Waals surface area contributed by atoms with E-state index in [0.29, 0.717) is 12.3 Å². The molecule has 1 unspecified atom stereocenters. The van der Waals surface area contributed by atoms with Gasteiger partial charge in [-0.05, 0) is 12.3 Å². The van der Waals surface area contributed by atoms with E-state index in [1.54, 1.807) is 0 Å². The van der Waals surface area contributed by atoms with Gasteiger partial charge in [-0.15, -0.1) is 0 Å². The number of alkyl halides is 1. The van der Waals surface area contributed by atoms with Crippen LogP contribution in [0.4, 0.5) is 4.39 Å². The minimum Gasteiger partial charge on any atom is -0.246 e. The van der Waals surface area contributed by atoms with Crippen molar-refractivity contribution in [3.8, 4) is 0 Å². The van der Waals surface area contributed by atoms with Crippen LogP contribution in [-0.2, 0) is 9.05 Å². The van der Waals surface area contributed by atoms with Gasteiger partial charge in [-0.2, -0.15) is 0 Å². The highest BCUT2D eigenvalue weighted by Crippen LogP contribution is 2.31. The average molecular weight is 215 g/mol. The molecule has 1 aliphatic carbocycles. The van der Waals surface area contributed by atoms with Crippen molar-refractivity contribution in [2.75, 3.05) is 5.75 Å². The fourth-order valence-corrected chi connectivity index (χ4v) is 2.35. The molecule has 12 heavy (non-hydrogen) atoms. The van der Waals surface area contributed by atoms with Crippen LogP contribution in [0.25, 0.3) is 0 Å². The van der Waals surface area contributed by atoms with Gasteiger partial charge in [0.2, 0.25) is 9.05 Å². The molecule has 1 aliphatic rings. The fraction of sp³-hybridized carbons (Fsp3) is 1.00. The smallest absolute Gasteiger partial charge is 0.235 e. The van der Waals surface area contributed by atoms with E-state index in [0.717, 1.165) is 19.3 Å². The van der Waals surface area contributed by atoms with Crippen molar-refractivity contribution in [1.82, 2.24) is 0 Å². The Hall–Kier alpha value is 0.170. The van der Waals surface area contributed by atoms with Crippen LogP contribution in [0, 0.1) is 5.92 Å². The standard InChI is InChI=1S/C7H12ClFO2S/c8-12(10,11)5-7(9)4-6-2-1-3-6/h6-7H,1-5H2. The topological polar surface area (TPSA) is 34.1 Å². The fourth-order valence-electron chi connectivity index (χ4n) is 1.37. The van der Waals surface area contributed by atoms with Gasteiger partial charge in [0.05, 0.1) is 5.75 Å². The molecule has 0 aromatic heterocycles. The minimum atomic E-state index is -3.66. The van der Waals surface area contributed by atoms with E-state index in [9.17, 15) is 12.8 Å². The summed E-state index contributed by atoms with van der Waals surface area (Å²) >= 11 is 0. The van der Waals surface area contributed by atoms with Crippen LogP contribution in [0.15, 0.2) is 0 Å². The van der Waals surface area contributed by atoms with Crippen molar-refractivity contribution in [2.45, 2.75) is 31.9 Å². The van der Waals surface area contributed by atoms with Crippen LogP contribution < -0.4 is 0 Å². The third-order valence-corrected chi connectivity index (χ3v) is 3.33. The first kappa shape index (κ1) is 10.3. The summed E-state index contributed by atoms with van der Waals surface area (Å²) in [5.74, 6) is -0.149. The lowest BCUT2D eigenvalue weighted by atomic mass is 9.82. The molecule has 5 heteroatoms. The Balaban J connectivity index is 2.23. The zero-order chi connectivity index (χ0) is 9.19. The van der Waals surface area contributed by atoms with Crippen LogP contribution >= 0.6 is 10.7 Å². The molecule has 0 radical (unpaired) electrons. The summed E-state index contributed by atoms with van der Waals surface area (Å²) in [6, 6.07) is 0. The zero-order valence-electron chi connectivity index (χ0n) is 6.67. The maximum absolute atomic E-state index is 12.9. The Morgan fingerprint density at radius 3 is 2.42 bits per heavy atom. The van der Waals surface area contributed by atoms with Crippen molar-refractivity contribution < 1.29 is 12.8 Å². The van der Waals surface area contributed by atoms with Crippen molar-refractivity contribution in [3.05, 3.63) is 0 Å². The third kappa shape index (κ3) is 3.72. The van der Waals surface area contributed by atoms with Gasteiger partial charge in [-0.25, -0.2) is 12.8 Å². The van der Waals surface area contributed by atoms with E-state index in [4.69, 9.17) is 10.7 Å². The zero-order valence-corrected chi connectivity index (χ0v) is 8.24. The quantitative estimate of drug-likeness (QED) is 0.672. The Kier molecular flexibility index (Phi) is 3.35. The van der Waals surface area contributed by atoms with Gasteiger partial charge >= 0.3 is 0 Å². The number of halogens is 2. The van der Waals surface area contributed by atoms with Gasteiger partial charge < -0.3 is 0 Å². The van der Waals surface area contributed by atoms with Crippen molar-refractivity contribution in [1.29, 1.82) is 0 Å². The Morgan fingerprint density at radius 2 is 2.08 bits per heavy atom. The van der Waals surface area contributed by atoms with Crippen LogP contribution in [-0.4, -0.2) is 20.3 Å². The van der Waals surface area contributed by atoms with Gasteiger partial charge in [0.1, 0.15) is 6.17 Å². The van der Waals surface area contributed by atoms with E-state index >= 15 is 0 Å². The molecular formula is C7H12ClFO2S. The molecule has 1 fully saturated rings. The molecule has 0 bridgehead atoms. The van der Waals surface area contributed by atoms with E-state index in [2.05, 4.69) is 0 Å². The normalized spacial score (nSPS) is 21.8. The largest absolute Gasteiger partial charge is 0.246 e. The van der Waals surface area contributed by atoms with Crippen LogP contribution in [0.2, 0.25) is 0 Å². The summed E-state index contributed by atoms with van der Waals surface area (Å²) in [7, 11) is 1.25. The highest BCUT2D eigenvalue weighted by atomic mass is 35.7. The molecule has 2 nitrogen and oxygen atoms in total. The number of hydrogen-bond donors (Lipinski definition) is 0. The Bertz CT molecular complexity index is 236. The Labute approximate surface area is 76.5 Å². The second-order valence-electron chi connectivity index (χ2n) is 3.34. The second kappa shape index (κ2) is 3.92. The summed E-state index contributed by atoms with van der Waals surface area (Å²) in [6.45, 7) is 0. The maximum Gasteiger partial charge on any atom is 0.235 e. The molecule has 0 aromatic rings. The SMILES string of the molecule is O=S(=O)(Cl)CC(F)CC1CCC1. The predicted octanol–water partition coefficient (Wildman–Crippen LogP) is 2.08. The monoisotopic (exact) mass is 214 g/mol. The van der Waals surface area contributed by atoms with Crippen LogP contribution in [0.3, 0.4) is 0 Å². The molecule has 1 atom stereocenters. The van der Waals surface area contributed by atoms with Crippen LogP contribution in [0.1, 0.15) is 25.7 Å². The summed E-state index contributed by atoms with van der Waals surface area (Å²) in [5.41, 5.74) is 0. The summed E-state index contributed by atoms with van der Waals surface area (Å²) in [6.07, 6.45) is 2.28. The molecule has 0 aromatic carbocycles. The molecule has 0 heterocycles. The molecule has 0 aliphatic heterocycles. The van der Waals surface area contributed by atoms with E-state index < -0.39 is 21.0 Å². The highest BCUT2D eigenvalue weighted by molar-refractivity contribution is 8.13. The summed E-state index contributed by atoms with van der Waals surface area (Å²) in [5, 5.41) is 0. The first-order valence-corrected chi connectivity index (χ1v) is 6.51. The van der Waals surface area contributed by atoms with E-state index in [-0.39, 0.29) is 0 Å². The highest BCUT2D eigenvalue weighted by Gasteiger charge is 2.24. The molecule has 0 saturated heterocycles. The first-order valence-electron chi connectivity index (χ1n) is 4.04.